The van der Waals surface area contributed by atoms with Crippen molar-refractivity contribution in [1.82, 2.24) is 9.88 Å². The first-order chi connectivity index (χ1) is 8.63. The van der Waals surface area contributed by atoms with Crippen LogP contribution in [0.5, 0.6) is 0 Å². The van der Waals surface area contributed by atoms with Gasteiger partial charge in [-0.15, -0.1) is 0 Å². The van der Waals surface area contributed by atoms with Crippen molar-refractivity contribution in [2.45, 2.75) is 6.92 Å². The highest BCUT2D eigenvalue weighted by atomic mass is 32.1. The molecule has 1 amide bonds. The number of nitrogen functional groups attached to an aromatic ring is 1. The highest BCUT2D eigenvalue weighted by Gasteiger charge is 2.24. The number of hydrogen-bond donors (Lipinski definition) is 1. The third-order valence-corrected chi connectivity index (χ3v) is 4.11. The van der Waals surface area contributed by atoms with Crippen molar-refractivity contribution < 1.29 is 9.53 Å². The molecule has 2 N–H and O–H groups in total. The molecular weight excluding hydrogens is 252 g/mol. The Kier molecular flexibility index (Phi) is 4.03. The summed E-state index contributed by atoms with van der Waals surface area (Å²) in [6, 6.07) is 0. The molecule has 1 aromatic heterocycles. The Hall–Kier alpha value is -1.34. The lowest BCUT2D eigenvalue weighted by Gasteiger charge is -2.26. The minimum Gasteiger partial charge on any atom is -0.382 e. The number of rotatable bonds is 3. The standard InChI is InChI=1S/C11H18N4O2S/c1-3-14(2)11-13-9(12)8(18-11)10(16)15-4-6-17-7-5-15/h3-7,12H2,1-2H3. The van der Waals surface area contributed by atoms with Gasteiger partial charge < -0.3 is 20.3 Å². The lowest BCUT2D eigenvalue weighted by molar-refractivity contribution is 0.0306. The maximum absolute atomic E-state index is 12.3. The van der Waals surface area contributed by atoms with Crippen molar-refractivity contribution in [3.63, 3.8) is 0 Å². The second-order valence-corrected chi connectivity index (χ2v) is 5.11. The zero-order valence-corrected chi connectivity index (χ0v) is 11.5. The van der Waals surface area contributed by atoms with Gasteiger partial charge in [0.1, 0.15) is 10.7 Å². The van der Waals surface area contributed by atoms with Gasteiger partial charge in [-0.25, -0.2) is 4.98 Å². The molecule has 0 atom stereocenters. The molecule has 1 aromatic rings. The normalized spacial score (nSPS) is 15.8. The molecule has 6 nitrogen and oxygen atoms in total. The Morgan fingerprint density at radius 3 is 2.83 bits per heavy atom. The predicted octanol–water partition coefficient (Wildman–Crippen LogP) is 0.654. The lowest BCUT2D eigenvalue weighted by atomic mass is 10.3. The van der Waals surface area contributed by atoms with E-state index in [1.54, 1.807) is 4.90 Å². The van der Waals surface area contributed by atoms with E-state index in [4.69, 9.17) is 10.5 Å². The van der Waals surface area contributed by atoms with Crippen LogP contribution < -0.4 is 10.6 Å². The number of ether oxygens (including phenoxy) is 1. The van der Waals surface area contributed by atoms with E-state index in [2.05, 4.69) is 4.98 Å². The van der Waals surface area contributed by atoms with Crippen molar-refractivity contribution in [1.29, 1.82) is 0 Å². The van der Waals surface area contributed by atoms with E-state index in [0.717, 1.165) is 11.7 Å². The van der Waals surface area contributed by atoms with Crippen LogP contribution in [-0.2, 0) is 4.74 Å². The van der Waals surface area contributed by atoms with Crippen molar-refractivity contribution in [2.75, 3.05) is 50.5 Å². The number of morpholine rings is 1. The van der Waals surface area contributed by atoms with E-state index >= 15 is 0 Å². The number of carbonyl (C=O) groups excluding carboxylic acids is 1. The molecule has 7 heteroatoms. The van der Waals surface area contributed by atoms with Gasteiger partial charge in [-0.2, -0.15) is 0 Å². The molecule has 1 aliphatic rings. The summed E-state index contributed by atoms with van der Waals surface area (Å²) in [6.45, 7) is 5.28. The van der Waals surface area contributed by atoms with Gasteiger partial charge in [0.2, 0.25) is 0 Å². The molecule has 0 bridgehead atoms. The molecule has 0 unspecified atom stereocenters. The average Bonchev–Trinajstić information content (AvgIpc) is 2.80. The number of aromatic nitrogens is 1. The molecule has 1 saturated heterocycles. The van der Waals surface area contributed by atoms with Crippen molar-refractivity contribution in [2.24, 2.45) is 0 Å². The topological polar surface area (TPSA) is 71.7 Å². The Bertz CT molecular complexity index is 429. The number of amides is 1. The van der Waals surface area contributed by atoms with Gasteiger partial charge in [0.25, 0.3) is 5.91 Å². The van der Waals surface area contributed by atoms with E-state index in [0.29, 0.717) is 37.0 Å². The van der Waals surface area contributed by atoms with Crippen molar-refractivity contribution in [3.05, 3.63) is 4.88 Å². The van der Waals surface area contributed by atoms with E-state index < -0.39 is 0 Å². The van der Waals surface area contributed by atoms with Crippen LogP contribution in [0.15, 0.2) is 0 Å². The van der Waals surface area contributed by atoms with Crippen molar-refractivity contribution >= 4 is 28.2 Å². The quantitative estimate of drug-likeness (QED) is 0.873. The van der Waals surface area contributed by atoms with Crippen molar-refractivity contribution in [3.8, 4) is 0 Å². The number of nitrogens with zero attached hydrogens (tertiary/aromatic N) is 3. The van der Waals surface area contributed by atoms with E-state index in [9.17, 15) is 4.79 Å². The smallest absolute Gasteiger partial charge is 0.268 e. The van der Waals surface area contributed by atoms with Gasteiger partial charge in [0.15, 0.2) is 5.13 Å². The van der Waals surface area contributed by atoms with Crippen LogP contribution in [-0.4, -0.2) is 55.7 Å². The minimum absolute atomic E-state index is 0.0379. The van der Waals surface area contributed by atoms with Gasteiger partial charge in [-0.1, -0.05) is 11.3 Å². The SMILES string of the molecule is CCN(C)c1nc(N)c(C(=O)N2CCOCC2)s1. The zero-order chi connectivity index (χ0) is 13.1. The molecule has 2 rings (SSSR count). The fraction of sp³-hybridized carbons (Fsp3) is 0.636. The molecule has 0 aliphatic carbocycles. The first-order valence-corrected chi connectivity index (χ1v) is 6.79. The number of nitrogens with two attached hydrogens (primary N) is 1. The molecule has 0 saturated carbocycles. The summed E-state index contributed by atoms with van der Waals surface area (Å²) in [5.41, 5.74) is 5.84. The minimum atomic E-state index is -0.0379. The van der Waals surface area contributed by atoms with Crippen LogP contribution >= 0.6 is 11.3 Å². The zero-order valence-electron chi connectivity index (χ0n) is 10.7. The Labute approximate surface area is 110 Å². The van der Waals surface area contributed by atoms with Gasteiger partial charge in [0, 0.05) is 26.7 Å². The van der Waals surface area contributed by atoms with Gasteiger partial charge >= 0.3 is 0 Å². The molecular formula is C11H18N4O2S. The summed E-state index contributed by atoms with van der Waals surface area (Å²) in [7, 11) is 1.93. The van der Waals surface area contributed by atoms with Crippen LogP contribution in [0.4, 0.5) is 10.9 Å². The second kappa shape index (κ2) is 5.53. The van der Waals surface area contributed by atoms with Crippen LogP contribution in [0.3, 0.4) is 0 Å². The fourth-order valence-electron chi connectivity index (χ4n) is 1.68. The molecule has 18 heavy (non-hydrogen) atoms. The number of carbonyl (C=O) groups is 1. The second-order valence-electron chi connectivity index (χ2n) is 4.13. The average molecular weight is 270 g/mol. The Morgan fingerprint density at radius 2 is 2.22 bits per heavy atom. The summed E-state index contributed by atoms with van der Waals surface area (Å²) < 4.78 is 5.23. The molecule has 100 valence electrons. The van der Waals surface area contributed by atoms with Gasteiger partial charge in [-0.3, -0.25) is 4.79 Å². The Morgan fingerprint density at radius 1 is 1.56 bits per heavy atom. The summed E-state index contributed by atoms with van der Waals surface area (Å²) in [6.07, 6.45) is 0. The summed E-state index contributed by atoms with van der Waals surface area (Å²) in [5, 5.41) is 0.784. The van der Waals surface area contributed by atoms with Crippen LogP contribution in [0.1, 0.15) is 16.6 Å². The first-order valence-electron chi connectivity index (χ1n) is 5.98. The summed E-state index contributed by atoms with van der Waals surface area (Å²) in [4.78, 5) is 20.8. The van der Waals surface area contributed by atoms with Gasteiger partial charge in [0.05, 0.1) is 13.2 Å². The molecule has 1 aliphatic heterocycles. The van der Waals surface area contributed by atoms with E-state index in [1.807, 2.05) is 18.9 Å². The van der Waals surface area contributed by atoms with Crippen LogP contribution in [0.2, 0.25) is 0 Å². The maximum atomic E-state index is 12.3. The third kappa shape index (κ3) is 2.56. The number of hydrogen-bond acceptors (Lipinski definition) is 6. The Balaban J connectivity index is 2.16. The maximum Gasteiger partial charge on any atom is 0.268 e. The highest BCUT2D eigenvalue weighted by molar-refractivity contribution is 7.18. The van der Waals surface area contributed by atoms with Gasteiger partial charge in [-0.05, 0) is 6.92 Å². The molecule has 0 radical (unpaired) electrons. The highest BCUT2D eigenvalue weighted by Crippen LogP contribution is 2.28. The van der Waals surface area contributed by atoms with E-state index in [1.165, 1.54) is 11.3 Å². The number of anilines is 2. The van der Waals surface area contributed by atoms with Crippen LogP contribution in [0.25, 0.3) is 0 Å². The molecule has 0 spiro atoms. The monoisotopic (exact) mass is 270 g/mol. The fourth-order valence-corrected chi connectivity index (χ4v) is 2.66. The summed E-state index contributed by atoms with van der Waals surface area (Å²) >= 11 is 1.35. The molecule has 0 aromatic carbocycles. The lowest BCUT2D eigenvalue weighted by Crippen LogP contribution is -2.40. The summed E-state index contributed by atoms with van der Waals surface area (Å²) in [5.74, 6) is 0.288. The largest absolute Gasteiger partial charge is 0.382 e. The van der Waals surface area contributed by atoms with E-state index in [-0.39, 0.29) is 5.91 Å². The molecule has 1 fully saturated rings. The number of thiazole rings is 1. The first kappa shape index (κ1) is 13.1. The van der Waals surface area contributed by atoms with Crippen LogP contribution in [0, 0.1) is 0 Å². The third-order valence-electron chi connectivity index (χ3n) is 2.94. The predicted molar refractivity (Wildman–Crippen MR) is 72.2 cm³/mol. The molecule has 2 heterocycles.